The van der Waals surface area contributed by atoms with Crippen molar-refractivity contribution in [3.8, 4) is 0 Å². The van der Waals surface area contributed by atoms with Gasteiger partial charge in [0.2, 0.25) is 0 Å². The molecule has 1 atom stereocenters. The van der Waals surface area contributed by atoms with Gasteiger partial charge in [0.1, 0.15) is 0 Å². The molecule has 1 aliphatic rings. The van der Waals surface area contributed by atoms with Gasteiger partial charge < -0.3 is 4.90 Å². The molecule has 20 heavy (non-hydrogen) atoms. The second kappa shape index (κ2) is 6.18. The lowest BCUT2D eigenvalue weighted by Crippen LogP contribution is -2.47. The van der Waals surface area contributed by atoms with Crippen LogP contribution >= 0.6 is 0 Å². The van der Waals surface area contributed by atoms with Crippen LogP contribution in [-0.2, 0) is 5.54 Å². The molecule has 0 N–H and O–H groups in total. The zero-order valence-electron chi connectivity index (χ0n) is 13.5. The van der Waals surface area contributed by atoms with Crippen molar-refractivity contribution in [1.29, 1.82) is 0 Å². The highest BCUT2D eigenvalue weighted by atomic mass is 15.6. The van der Waals surface area contributed by atoms with Gasteiger partial charge in [-0.1, -0.05) is 13.3 Å². The highest BCUT2D eigenvalue weighted by Gasteiger charge is 2.30. The van der Waals surface area contributed by atoms with E-state index in [0.717, 1.165) is 44.8 Å². The van der Waals surface area contributed by atoms with Gasteiger partial charge in [0.25, 0.3) is 0 Å². The molecule has 1 fully saturated rings. The maximum atomic E-state index is 4.34. The van der Waals surface area contributed by atoms with Gasteiger partial charge in [-0.2, -0.15) is 0 Å². The Kier molecular flexibility index (Phi) is 4.75. The van der Waals surface area contributed by atoms with Crippen LogP contribution in [0.3, 0.4) is 0 Å². The second-order valence-corrected chi connectivity index (χ2v) is 6.76. The molecule has 6 nitrogen and oxygen atoms in total. The number of hydrogen-bond acceptors (Lipinski definition) is 5. The predicted octanol–water partition coefficient (Wildman–Crippen LogP) is 1.52. The number of rotatable bonds is 4. The number of aromatic nitrogens is 4. The van der Waals surface area contributed by atoms with Crippen LogP contribution in [0.4, 0.5) is 0 Å². The Hall–Kier alpha value is -1.01. The third-order valence-electron chi connectivity index (χ3n) is 3.97. The van der Waals surface area contributed by atoms with Crippen LogP contribution in [0.15, 0.2) is 0 Å². The summed E-state index contributed by atoms with van der Waals surface area (Å²) in [4.78, 5) is 4.92. The Morgan fingerprint density at radius 3 is 2.35 bits per heavy atom. The van der Waals surface area contributed by atoms with Gasteiger partial charge in [-0.15, -0.1) is 5.10 Å². The van der Waals surface area contributed by atoms with E-state index in [1.807, 2.05) is 4.68 Å². The van der Waals surface area contributed by atoms with Gasteiger partial charge in [0.05, 0.1) is 11.6 Å². The van der Waals surface area contributed by atoms with Gasteiger partial charge in [0.15, 0.2) is 5.82 Å². The summed E-state index contributed by atoms with van der Waals surface area (Å²) in [5.74, 6) is 1.02. The minimum atomic E-state index is -0.0720. The third-order valence-corrected chi connectivity index (χ3v) is 3.97. The van der Waals surface area contributed by atoms with Crippen LogP contribution in [0.1, 0.15) is 52.4 Å². The normalized spacial score (nSPS) is 20.2. The van der Waals surface area contributed by atoms with Gasteiger partial charge >= 0.3 is 0 Å². The van der Waals surface area contributed by atoms with Crippen molar-refractivity contribution in [1.82, 2.24) is 30.0 Å². The van der Waals surface area contributed by atoms with Gasteiger partial charge in [0, 0.05) is 26.2 Å². The standard InChI is InChI=1S/C14H28N6/c1-6-7-12(19-10-8-18(5)9-11-19)13-15-16-17-20(13)14(2,3)4/h12H,6-11H2,1-5H3/t12-/m1/s1. The molecular weight excluding hydrogens is 252 g/mol. The first-order chi connectivity index (χ1) is 9.43. The molecule has 0 aromatic carbocycles. The summed E-state index contributed by atoms with van der Waals surface area (Å²) in [7, 11) is 2.19. The fraction of sp³-hybridized carbons (Fsp3) is 0.929. The Morgan fingerprint density at radius 1 is 1.15 bits per heavy atom. The van der Waals surface area contributed by atoms with Crippen molar-refractivity contribution in [2.75, 3.05) is 33.2 Å². The van der Waals surface area contributed by atoms with E-state index in [9.17, 15) is 0 Å². The Balaban J connectivity index is 2.23. The van der Waals surface area contributed by atoms with Crippen molar-refractivity contribution in [2.24, 2.45) is 0 Å². The Morgan fingerprint density at radius 2 is 1.80 bits per heavy atom. The topological polar surface area (TPSA) is 50.1 Å². The number of likely N-dealkylation sites (N-methyl/N-ethyl adjacent to an activating group) is 1. The molecule has 114 valence electrons. The quantitative estimate of drug-likeness (QED) is 0.837. The average Bonchev–Trinajstić information content (AvgIpc) is 2.86. The maximum Gasteiger partial charge on any atom is 0.168 e. The lowest BCUT2D eigenvalue weighted by atomic mass is 10.1. The van der Waals surface area contributed by atoms with Crippen molar-refractivity contribution in [2.45, 2.75) is 52.1 Å². The van der Waals surface area contributed by atoms with E-state index in [1.165, 1.54) is 0 Å². The second-order valence-electron chi connectivity index (χ2n) is 6.76. The first-order valence-electron chi connectivity index (χ1n) is 7.65. The molecule has 6 heteroatoms. The van der Waals surface area contributed by atoms with Crippen LogP contribution in [0.2, 0.25) is 0 Å². The summed E-state index contributed by atoms with van der Waals surface area (Å²) in [5.41, 5.74) is -0.0720. The predicted molar refractivity (Wildman–Crippen MR) is 79.5 cm³/mol. The van der Waals surface area contributed by atoms with E-state index in [-0.39, 0.29) is 5.54 Å². The van der Waals surface area contributed by atoms with Crippen LogP contribution in [0.25, 0.3) is 0 Å². The minimum absolute atomic E-state index is 0.0720. The lowest BCUT2D eigenvalue weighted by Gasteiger charge is -2.38. The molecule has 2 heterocycles. The minimum Gasteiger partial charge on any atom is -0.304 e. The first-order valence-corrected chi connectivity index (χ1v) is 7.65. The summed E-state index contributed by atoms with van der Waals surface area (Å²) in [6.45, 7) is 13.1. The van der Waals surface area contributed by atoms with E-state index in [4.69, 9.17) is 0 Å². The molecule has 1 saturated heterocycles. The van der Waals surface area contributed by atoms with Crippen molar-refractivity contribution < 1.29 is 0 Å². The number of nitrogens with zero attached hydrogens (tertiary/aromatic N) is 6. The molecular formula is C14H28N6. The zero-order valence-corrected chi connectivity index (χ0v) is 13.5. The fourth-order valence-corrected chi connectivity index (χ4v) is 2.76. The van der Waals surface area contributed by atoms with Crippen molar-refractivity contribution in [3.63, 3.8) is 0 Å². The largest absolute Gasteiger partial charge is 0.304 e. The highest BCUT2D eigenvalue weighted by molar-refractivity contribution is 4.97. The van der Waals surface area contributed by atoms with Gasteiger partial charge in [-0.3, -0.25) is 4.90 Å². The van der Waals surface area contributed by atoms with Gasteiger partial charge in [-0.05, 0) is 44.7 Å². The monoisotopic (exact) mass is 280 g/mol. The third kappa shape index (κ3) is 3.35. The molecule has 0 amide bonds. The highest BCUT2D eigenvalue weighted by Crippen LogP contribution is 2.27. The molecule has 0 unspecified atom stereocenters. The van der Waals surface area contributed by atoms with Crippen molar-refractivity contribution in [3.05, 3.63) is 5.82 Å². The Bertz CT molecular complexity index is 414. The molecule has 1 aromatic heterocycles. The number of hydrogen-bond donors (Lipinski definition) is 0. The summed E-state index contributed by atoms with van der Waals surface area (Å²) in [5, 5.41) is 12.5. The van der Waals surface area contributed by atoms with Gasteiger partial charge in [-0.25, -0.2) is 4.68 Å². The molecule has 0 radical (unpaired) electrons. The van der Waals surface area contributed by atoms with Crippen LogP contribution in [0.5, 0.6) is 0 Å². The van der Waals surface area contributed by atoms with E-state index < -0.39 is 0 Å². The molecule has 1 aliphatic heterocycles. The molecule has 0 saturated carbocycles. The van der Waals surface area contributed by atoms with Crippen LogP contribution in [0, 0.1) is 0 Å². The van der Waals surface area contributed by atoms with E-state index in [2.05, 4.69) is 60.1 Å². The molecule has 0 spiro atoms. The SMILES string of the molecule is CCC[C@H](c1nnnn1C(C)(C)C)N1CCN(C)CC1. The lowest BCUT2D eigenvalue weighted by molar-refractivity contribution is 0.0963. The summed E-state index contributed by atoms with van der Waals surface area (Å²) < 4.78 is 1.99. The van der Waals surface area contributed by atoms with E-state index >= 15 is 0 Å². The number of piperazine rings is 1. The molecule has 1 aromatic rings. The van der Waals surface area contributed by atoms with Crippen LogP contribution < -0.4 is 0 Å². The first kappa shape index (κ1) is 15.4. The van der Waals surface area contributed by atoms with E-state index in [0.29, 0.717) is 6.04 Å². The van der Waals surface area contributed by atoms with Crippen LogP contribution in [-0.4, -0.2) is 63.2 Å². The summed E-state index contributed by atoms with van der Waals surface area (Å²) >= 11 is 0. The average molecular weight is 280 g/mol. The summed E-state index contributed by atoms with van der Waals surface area (Å²) in [6, 6.07) is 0.336. The van der Waals surface area contributed by atoms with E-state index in [1.54, 1.807) is 0 Å². The summed E-state index contributed by atoms with van der Waals surface area (Å²) in [6.07, 6.45) is 2.26. The molecule has 0 aliphatic carbocycles. The maximum absolute atomic E-state index is 4.34. The molecule has 2 rings (SSSR count). The molecule has 0 bridgehead atoms. The van der Waals surface area contributed by atoms with Crippen molar-refractivity contribution >= 4 is 0 Å². The zero-order chi connectivity index (χ0) is 14.8. The fourth-order valence-electron chi connectivity index (χ4n) is 2.76. The Labute approximate surface area is 122 Å². The number of tetrazole rings is 1. The smallest absolute Gasteiger partial charge is 0.168 e.